The summed E-state index contributed by atoms with van der Waals surface area (Å²) in [6.07, 6.45) is 0. The van der Waals surface area contributed by atoms with Crippen LogP contribution in [0.25, 0.3) is 5.65 Å². The maximum atomic E-state index is 12.2. The van der Waals surface area contributed by atoms with Gasteiger partial charge in [0.2, 0.25) is 0 Å². The fourth-order valence-corrected chi connectivity index (χ4v) is 2.59. The molecular formula is C18H15N3O5. The summed E-state index contributed by atoms with van der Waals surface area (Å²) in [5.74, 6) is -0.723. The van der Waals surface area contributed by atoms with E-state index in [9.17, 15) is 19.7 Å². The Morgan fingerprint density at radius 3 is 2.73 bits per heavy atom. The molecule has 0 spiro atoms. The highest BCUT2D eigenvalue weighted by Crippen LogP contribution is 2.20. The van der Waals surface area contributed by atoms with Crippen LogP contribution in [-0.2, 0) is 11.3 Å². The Morgan fingerprint density at radius 1 is 1.23 bits per heavy atom. The average Bonchev–Trinajstić information content (AvgIpc) is 2.59. The smallest absolute Gasteiger partial charge is 0.338 e. The monoisotopic (exact) mass is 353 g/mol. The molecule has 0 N–H and O–H groups in total. The quantitative estimate of drug-likeness (QED) is 0.406. The molecule has 0 aliphatic heterocycles. The van der Waals surface area contributed by atoms with Crippen LogP contribution in [0, 0.1) is 24.0 Å². The van der Waals surface area contributed by atoms with E-state index in [1.165, 1.54) is 28.7 Å². The molecule has 0 aliphatic carbocycles. The van der Waals surface area contributed by atoms with Crippen molar-refractivity contribution < 1.29 is 14.5 Å². The lowest BCUT2D eigenvalue weighted by atomic mass is 10.1. The summed E-state index contributed by atoms with van der Waals surface area (Å²) in [7, 11) is 0. The van der Waals surface area contributed by atoms with Crippen molar-refractivity contribution in [2.75, 3.05) is 0 Å². The van der Waals surface area contributed by atoms with E-state index >= 15 is 0 Å². The first-order chi connectivity index (χ1) is 12.4. The van der Waals surface area contributed by atoms with E-state index in [0.29, 0.717) is 16.9 Å². The van der Waals surface area contributed by atoms with E-state index in [-0.39, 0.29) is 23.4 Å². The molecule has 1 aromatic carbocycles. The number of rotatable bonds is 4. The van der Waals surface area contributed by atoms with Crippen LogP contribution in [-0.4, -0.2) is 20.3 Å². The number of aryl methyl sites for hydroxylation is 2. The lowest BCUT2D eigenvalue weighted by Crippen LogP contribution is -2.18. The number of pyridine rings is 1. The van der Waals surface area contributed by atoms with Crippen LogP contribution in [0.1, 0.15) is 27.3 Å². The molecular weight excluding hydrogens is 338 g/mol. The highest BCUT2D eigenvalue weighted by atomic mass is 16.6. The van der Waals surface area contributed by atoms with Gasteiger partial charge in [0.25, 0.3) is 11.2 Å². The largest absolute Gasteiger partial charge is 0.456 e. The number of hydrogen-bond donors (Lipinski definition) is 0. The molecule has 0 bridgehead atoms. The summed E-state index contributed by atoms with van der Waals surface area (Å²) in [5, 5.41) is 11.0. The van der Waals surface area contributed by atoms with E-state index in [2.05, 4.69) is 4.98 Å². The number of ether oxygens (including phenoxy) is 1. The number of nitro groups is 1. The first-order valence-corrected chi connectivity index (χ1v) is 7.77. The van der Waals surface area contributed by atoms with E-state index in [1.807, 2.05) is 0 Å². The number of esters is 1. The topological polar surface area (TPSA) is 104 Å². The molecule has 2 heterocycles. The minimum atomic E-state index is -0.723. The zero-order valence-corrected chi connectivity index (χ0v) is 14.1. The van der Waals surface area contributed by atoms with Crippen molar-refractivity contribution >= 4 is 17.3 Å². The van der Waals surface area contributed by atoms with Crippen molar-refractivity contribution in [3.8, 4) is 0 Å². The number of carbonyl (C=O) groups is 1. The number of hydrogen-bond acceptors (Lipinski definition) is 6. The van der Waals surface area contributed by atoms with Crippen molar-refractivity contribution in [2.45, 2.75) is 20.5 Å². The molecule has 8 nitrogen and oxygen atoms in total. The maximum absolute atomic E-state index is 12.2. The third-order valence-corrected chi connectivity index (χ3v) is 3.93. The molecule has 0 atom stereocenters. The van der Waals surface area contributed by atoms with Crippen molar-refractivity contribution in [3.63, 3.8) is 0 Å². The molecule has 0 fully saturated rings. The second-order valence-electron chi connectivity index (χ2n) is 5.78. The van der Waals surface area contributed by atoms with Gasteiger partial charge in [0.15, 0.2) is 0 Å². The van der Waals surface area contributed by atoms with Gasteiger partial charge in [0.1, 0.15) is 12.3 Å². The van der Waals surface area contributed by atoms with Gasteiger partial charge >= 0.3 is 5.97 Å². The van der Waals surface area contributed by atoms with Crippen LogP contribution in [0.3, 0.4) is 0 Å². The minimum absolute atomic E-state index is 0.0654. The zero-order chi connectivity index (χ0) is 18.8. The van der Waals surface area contributed by atoms with Gasteiger partial charge in [-0.3, -0.25) is 19.3 Å². The third-order valence-electron chi connectivity index (χ3n) is 3.93. The SMILES string of the molecule is Cc1ccc(C(=O)OCc2cc(=O)n3c(C)cccc3n2)cc1[N+](=O)[O-]. The molecule has 3 rings (SSSR count). The van der Waals surface area contributed by atoms with Gasteiger partial charge in [-0.2, -0.15) is 0 Å². The molecule has 0 saturated carbocycles. The molecule has 0 amide bonds. The Balaban J connectivity index is 1.82. The molecule has 3 aromatic rings. The Hall–Kier alpha value is -3.55. The van der Waals surface area contributed by atoms with E-state index in [1.54, 1.807) is 32.0 Å². The molecule has 0 saturated heterocycles. The van der Waals surface area contributed by atoms with Crippen molar-refractivity contribution in [3.05, 3.63) is 85.4 Å². The van der Waals surface area contributed by atoms with Crippen LogP contribution in [0.4, 0.5) is 5.69 Å². The van der Waals surface area contributed by atoms with Gasteiger partial charge < -0.3 is 4.74 Å². The fraction of sp³-hybridized carbons (Fsp3) is 0.167. The lowest BCUT2D eigenvalue weighted by molar-refractivity contribution is -0.385. The summed E-state index contributed by atoms with van der Waals surface area (Å²) in [4.78, 5) is 39.1. The molecule has 2 aromatic heterocycles. The number of carbonyl (C=O) groups excluding carboxylic acids is 1. The highest BCUT2D eigenvalue weighted by Gasteiger charge is 2.16. The molecule has 0 aliphatic rings. The van der Waals surface area contributed by atoms with Crippen LogP contribution >= 0.6 is 0 Å². The summed E-state index contributed by atoms with van der Waals surface area (Å²) >= 11 is 0. The maximum Gasteiger partial charge on any atom is 0.338 e. The summed E-state index contributed by atoms with van der Waals surface area (Å²) in [5.41, 5.74) is 1.59. The van der Waals surface area contributed by atoms with E-state index in [4.69, 9.17) is 4.74 Å². The van der Waals surface area contributed by atoms with E-state index < -0.39 is 10.9 Å². The number of aromatic nitrogens is 2. The highest BCUT2D eigenvalue weighted by molar-refractivity contribution is 5.90. The van der Waals surface area contributed by atoms with Gasteiger partial charge in [-0.15, -0.1) is 0 Å². The minimum Gasteiger partial charge on any atom is -0.456 e. The van der Waals surface area contributed by atoms with Gasteiger partial charge in [0.05, 0.1) is 16.2 Å². The van der Waals surface area contributed by atoms with Crippen LogP contribution < -0.4 is 5.56 Å². The Bertz CT molecular complexity index is 1090. The molecule has 132 valence electrons. The first kappa shape index (κ1) is 17.3. The Kier molecular flexibility index (Phi) is 4.49. The Labute approximate surface area is 147 Å². The van der Waals surface area contributed by atoms with E-state index in [0.717, 1.165) is 5.69 Å². The van der Waals surface area contributed by atoms with Gasteiger partial charge in [0, 0.05) is 23.4 Å². The Morgan fingerprint density at radius 2 is 2.00 bits per heavy atom. The molecule has 0 radical (unpaired) electrons. The first-order valence-electron chi connectivity index (χ1n) is 7.77. The van der Waals surface area contributed by atoms with Crippen molar-refractivity contribution in [1.29, 1.82) is 0 Å². The van der Waals surface area contributed by atoms with Crippen molar-refractivity contribution in [2.24, 2.45) is 0 Å². The van der Waals surface area contributed by atoms with Gasteiger partial charge in [-0.25, -0.2) is 9.78 Å². The number of benzene rings is 1. The fourth-order valence-electron chi connectivity index (χ4n) is 2.59. The second kappa shape index (κ2) is 6.75. The molecule has 8 heteroatoms. The van der Waals surface area contributed by atoms with Crippen molar-refractivity contribution in [1.82, 2.24) is 9.38 Å². The van der Waals surface area contributed by atoms with Crippen LogP contribution in [0.2, 0.25) is 0 Å². The van der Waals surface area contributed by atoms with Crippen LogP contribution in [0.5, 0.6) is 0 Å². The predicted octanol–water partition coefficient (Wildman–Crippen LogP) is 2.58. The number of nitrogens with zero attached hydrogens (tertiary/aromatic N) is 3. The lowest BCUT2D eigenvalue weighted by Gasteiger charge is -2.08. The summed E-state index contributed by atoms with van der Waals surface area (Å²) in [6, 6.07) is 10.7. The zero-order valence-electron chi connectivity index (χ0n) is 14.1. The second-order valence-corrected chi connectivity index (χ2v) is 5.78. The third kappa shape index (κ3) is 3.30. The standard InChI is InChI=1S/C18H15N3O5/c1-11-6-7-13(8-15(11)21(24)25)18(23)26-10-14-9-17(22)20-12(2)4-3-5-16(20)19-14/h3-9H,10H2,1-2H3. The normalized spacial score (nSPS) is 10.7. The average molecular weight is 353 g/mol. The molecule has 26 heavy (non-hydrogen) atoms. The number of nitro benzene ring substituents is 1. The van der Waals surface area contributed by atoms with Gasteiger partial charge in [-0.05, 0) is 32.0 Å². The van der Waals surface area contributed by atoms with Crippen LogP contribution in [0.15, 0.2) is 47.3 Å². The predicted molar refractivity (Wildman–Crippen MR) is 93.2 cm³/mol. The summed E-state index contributed by atoms with van der Waals surface area (Å²) in [6.45, 7) is 3.17. The number of fused-ring (bicyclic) bond motifs is 1. The van der Waals surface area contributed by atoms with Gasteiger partial charge in [-0.1, -0.05) is 12.1 Å². The molecule has 0 unspecified atom stereocenters. The summed E-state index contributed by atoms with van der Waals surface area (Å²) < 4.78 is 6.60.